The van der Waals surface area contributed by atoms with Gasteiger partial charge in [0.25, 0.3) is 11.8 Å². The summed E-state index contributed by atoms with van der Waals surface area (Å²) in [5.41, 5.74) is 5.60. The molecule has 11 heteroatoms. The molecule has 0 aliphatic carbocycles. The van der Waals surface area contributed by atoms with E-state index in [1.54, 1.807) is 54.7 Å². The lowest BCUT2D eigenvalue weighted by Gasteiger charge is -2.27. The molecule has 5 rings (SSSR count). The van der Waals surface area contributed by atoms with E-state index in [1.165, 1.54) is 18.2 Å². The van der Waals surface area contributed by atoms with Gasteiger partial charge in [0.2, 0.25) is 0 Å². The number of pyridine rings is 1. The second-order valence-electron chi connectivity index (χ2n) is 12.0. The van der Waals surface area contributed by atoms with Crippen molar-refractivity contribution in [1.82, 2.24) is 15.6 Å². The van der Waals surface area contributed by atoms with Gasteiger partial charge in [0.15, 0.2) is 5.82 Å². The molecule has 1 aromatic heterocycles. The van der Waals surface area contributed by atoms with Crippen LogP contribution in [0.3, 0.4) is 0 Å². The Bertz CT molecular complexity index is 1860. The van der Waals surface area contributed by atoms with Crippen molar-refractivity contribution in [3.63, 3.8) is 0 Å². The molecule has 4 aromatic rings. The van der Waals surface area contributed by atoms with E-state index in [0.29, 0.717) is 59.6 Å². The zero-order valence-corrected chi connectivity index (χ0v) is 28.7. The Morgan fingerprint density at radius 1 is 0.940 bits per heavy atom. The minimum absolute atomic E-state index is 0.0676. The van der Waals surface area contributed by atoms with Crippen LogP contribution in [0.5, 0.6) is 0 Å². The van der Waals surface area contributed by atoms with Crippen molar-refractivity contribution in [2.24, 2.45) is 5.10 Å². The molecular weight excluding hydrogens is 635 g/mol. The standard InChI is InChI=1S/C39H43FN6O4/c1-4-35-34(36(44-33-13-15-50-16-14-33)22-37(45-35)46(6-3)43-5-2)24-42-39(49)30-12-8-11-29(20-30)38(48)41-23-27-18-31(21-32(40)19-27)28-10-7-9-26(17-28)25-47/h5,7-12,17-22,25,33H,4,6,13-16,23-24H2,1-3H3,(H,41,48)(H,42,49)(H,44,45)/b43-5-. The molecule has 10 nitrogen and oxygen atoms in total. The molecule has 260 valence electrons. The highest BCUT2D eigenvalue weighted by atomic mass is 19.1. The lowest BCUT2D eigenvalue weighted by Crippen LogP contribution is -2.30. The van der Waals surface area contributed by atoms with E-state index in [9.17, 15) is 18.8 Å². The van der Waals surface area contributed by atoms with Crippen LogP contribution < -0.4 is 21.0 Å². The Morgan fingerprint density at radius 3 is 2.34 bits per heavy atom. The average molecular weight is 679 g/mol. The van der Waals surface area contributed by atoms with Crippen LogP contribution in [0, 0.1) is 5.82 Å². The van der Waals surface area contributed by atoms with Crippen molar-refractivity contribution in [2.45, 2.75) is 59.2 Å². The Morgan fingerprint density at radius 2 is 1.66 bits per heavy atom. The van der Waals surface area contributed by atoms with Crippen LogP contribution >= 0.6 is 0 Å². The van der Waals surface area contributed by atoms with Gasteiger partial charge in [-0.15, -0.1) is 0 Å². The van der Waals surface area contributed by atoms with Gasteiger partial charge in [-0.05, 0) is 92.3 Å². The highest BCUT2D eigenvalue weighted by Crippen LogP contribution is 2.28. The van der Waals surface area contributed by atoms with E-state index < -0.39 is 11.7 Å². The number of carbonyl (C=O) groups is 3. The zero-order chi connectivity index (χ0) is 35.5. The quantitative estimate of drug-likeness (QED) is 0.0786. The normalized spacial score (nSPS) is 13.2. The number of amides is 2. The summed E-state index contributed by atoms with van der Waals surface area (Å²) in [6.07, 6.45) is 4.88. The lowest BCUT2D eigenvalue weighted by molar-refractivity contribution is 0.0904. The number of ether oxygens (including phenoxy) is 1. The number of hydrazone groups is 1. The molecule has 1 aliphatic rings. The van der Waals surface area contributed by atoms with Crippen molar-refractivity contribution < 1.29 is 23.5 Å². The maximum absolute atomic E-state index is 14.5. The first-order chi connectivity index (χ1) is 24.3. The smallest absolute Gasteiger partial charge is 0.251 e. The van der Waals surface area contributed by atoms with Gasteiger partial charge in [0.1, 0.15) is 12.1 Å². The molecule has 50 heavy (non-hydrogen) atoms. The Kier molecular flexibility index (Phi) is 12.4. The monoisotopic (exact) mass is 678 g/mol. The molecule has 0 atom stereocenters. The zero-order valence-electron chi connectivity index (χ0n) is 28.7. The summed E-state index contributed by atoms with van der Waals surface area (Å²) in [6.45, 7) is 8.25. The molecule has 1 saturated heterocycles. The summed E-state index contributed by atoms with van der Waals surface area (Å²) in [7, 11) is 0. The summed E-state index contributed by atoms with van der Waals surface area (Å²) < 4.78 is 20.1. The van der Waals surface area contributed by atoms with Gasteiger partial charge in [-0.2, -0.15) is 5.10 Å². The molecule has 1 fully saturated rings. The van der Waals surface area contributed by atoms with Crippen molar-refractivity contribution >= 4 is 35.8 Å². The molecule has 2 amide bonds. The fraction of sp³-hybridized carbons (Fsp3) is 0.308. The number of carbonyl (C=O) groups excluding carboxylic acids is 3. The van der Waals surface area contributed by atoms with Crippen LogP contribution in [0.4, 0.5) is 15.9 Å². The van der Waals surface area contributed by atoms with Crippen LogP contribution in [0.25, 0.3) is 11.1 Å². The van der Waals surface area contributed by atoms with Crippen molar-refractivity contribution in [3.05, 3.63) is 112 Å². The van der Waals surface area contributed by atoms with Crippen LogP contribution in [0.15, 0.2) is 77.9 Å². The van der Waals surface area contributed by atoms with Crippen molar-refractivity contribution in [1.29, 1.82) is 0 Å². The third-order valence-corrected chi connectivity index (χ3v) is 8.51. The van der Waals surface area contributed by atoms with E-state index in [2.05, 4.69) is 21.1 Å². The summed E-state index contributed by atoms with van der Waals surface area (Å²) in [6, 6.07) is 20.1. The first-order valence-corrected chi connectivity index (χ1v) is 17.0. The topological polar surface area (TPSA) is 125 Å². The number of hydrogen-bond donors (Lipinski definition) is 3. The van der Waals surface area contributed by atoms with Crippen LogP contribution in [0.2, 0.25) is 0 Å². The van der Waals surface area contributed by atoms with Gasteiger partial charge in [-0.1, -0.05) is 31.2 Å². The SMILES string of the molecule is C/C=N\N(CC)c1cc(NC2CCOCC2)c(CNC(=O)c2cccc(C(=O)NCc3cc(F)cc(-c4cccc(C=O)c4)c3)c2)c(CC)n1. The number of rotatable bonds is 14. The van der Waals surface area contributed by atoms with Crippen molar-refractivity contribution in [2.75, 3.05) is 30.1 Å². The van der Waals surface area contributed by atoms with Gasteiger partial charge >= 0.3 is 0 Å². The Balaban J connectivity index is 1.29. The van der Waals surface area contributed by atoms with Gasteiger partial charge < -0.3 is 20.7 Å². The number of nitrogens with zero attached hydrogens (tertiary/aromatic N) is 3. The van der Waals surface area contributed by atoms with Crippen LogP contribution in [-0.4, -0.2) is 55.1 Å². The minimum atomic E-state index is -0.457. The predicted molar refractivity (Wildman–Crippen MR) is 194 cm³/mol. The highest BCUT2D eigenvalue weighted by molar-refractivity contribution is 5.99. The fourth-order valence-corrected chi connectivity index (χ4v) is 5.93. The van der Waals surface area contributed by atoms with Crippen LogP contribution in [0.1, 0.15) is 81.5 Å². The molecule has 0 radical (unpaired) electrons. The number of benzene rings is 3. The summed E-state index contributed by atoms with van der Waals surface area (Å²) in [5.74, 6) is -0.464. The summed E-state index contributed by atoms with van der Waals surface area (Å²) in [4.78, 5) is 42.7. The number of nitrogens with one attached hydrogen (secondary N) is 3. The predicted octanol–water partition coefficient (Wildman–Crippen LogP) is 6.55. The van der Waals surface area contributed by atoms with E-state index in [-0.39, 0.29) is 25.0 Å². The van der Waals surface area contributed by atoms with E-state index in [1.807, 2.05) is 31.8 Å². The number of aldehydes is 1. The second-order valence-corrected chi connectivity index (χ2v) is 12.0. The van der Waals surface area contributed by atoms with Crippen LogP contribution in [-0.2, 0) is 24.2 Å². The average Bonchev–Trinajstić information content (AvgIpc) is 3.15. The van der Waals surface area contributed by atoms with Crippen molar-refractivity contribution in [3.8, 4) is 11.1 Å². The molecule has 0 spiro atoms. The molecule has 3 N–H and O–H groups in total. The maximum atomic E-state index is 14.5. The molecule has 1 aliphatic heterocycles. The minimum Gasteiger partial charge on any atom is -0.382 e. The number of anilines is 2. The summed E-state index contributed by atoms with van der Waals surface area (Å²) >= 11 is 0. The molecule has 3 aromatic carbocycles. The number of aromatic nitrogens is 1. The van der Waals surface area contributed by atoms with Gasteiger partial charge in [-0.3, -0.25) is 14.4 Å². The third kappa shape index (κ3) is 9.17. The first-order valence-electron chi connectivity index (χ1n) is 17.0. The highest BCUT2D eigenvalue weighted by Gasteiger charge is 2.20. The maximum Gasteiger partial charge on any atom is 0.251 e. The van der Waals surface area contributed by atoms with Gasteiger partial charge in [0.05, 0.1) is 0 Å². The molecular formula is C39H43FN6O4. The van der Waals surface area contributed by atoms with E-state index in [4.69, 9.17) is 9.72 Å². The Labute approximate surface area is 292 Å². The van der Waals surface area contributed by atoms with Gasteiger partial charge in [-0.25, -0.2) is 14.4 Å². The molecule has 0 unspecified atom stereocenters. The Hall–Kier alpha value is -5.42. The van der Waals surface area contributed by atoms with E-state index >= 15 is 0 Å². The number of hydrogen-bond acceptors (Lipinski definition) is 8. The second kappa shape index (κ2) is 17.3. The van der Waals surface area contributed by atoms with Gasteiger partial charge in [0, 0.05) is 84.8 Å². The molecule has 0 bridgehead atoms. The molecule has 0 saturated carbocycles. The summed E-state index contributed by atoms with van der Waals surface area (Å²) in [5, 5.41) is 15.8. The number of halogens is 1. The molecule has 2 heterocycles. The first kappa shape index (κ1) is 35.9. The lowest BCUT2D eigenvalue weighted by atomic mass is 10.0. The largest absolute Gasteiger partial charge is 0.382 e. The van der Waals surface area contributed by atoms with E-state index in [0.717, 1.165) is 41.9 Å². The fourth-order valence-electron chi connectivity index (χ4n) is 5.93. The third-order valence-electron chi connectivity index (χ3n) is 8.51. The number of aryl methyl sites for hydroxylation is 1.